The van der Waals surface area contributed by atoms with Crippen LogP contribution in [0.15, 0.2) is 16.4 Å². The molecular weight excluding hydrogens is 640 g/mol. The van der Waals surface area contributed by atoms with Gasteiger partial charge in [-0.05, 0) is 38.0 Å². The third-order valence-corrected chi connectivity index (χ3v) is 10.0. The van der Waals surface area contributed by atoms with E-state index in [9.17, 15) is 44.4 Å². The molecule has 1 aromatic rings. The van der Waals surface area contributed by atoms with E-state index in [1.807, 2.05) is 0 Å². The number of aromatic nitrogens is 4. The maximum atomic E-state index is 13.4. The van der Waals surface area contributed by atoms with Gasteiger partial charge in [-0.1, -0.05) is 11.8 Å². The number of sulfone groups is 1. The molecule has 15 nitrogen and oxygen atoms in total. The number of aromatic amines is 1. The molecular formula is C19H26F3N7O8S4. The third kappa shape index (κ3) is 9.28. The number of halogens is 3. The van der Waals surface area contributed by atoms with Crippen molar-refractivity contribution in [3.05, 3.63) is 11.3 Å². The Hall–Kier alpha value is -2.43. The summed E-state index contributed by atoms with van der Waals surface area (Å²) in [5.41, 5.74) is -0.954. The number of rotatable bonds is 11. The Bertz CT molecular complexity index is 1430. The number of carbonyl (C=O) groups is 3. The molecule has 4 N–H and O–H groups in total. The van der Waals surface area contributed by atoms with Crippen LogP contribution >= 0.6 is 23.5 Å². The first kappa shape index (κ1) is 33.1. The second-order valence-corrected chi connectivity index (χ2v) is 16.0. The Kier molecular flexibility index (Phi) is 9.72. The Labute approximate surface area is 240 Å². The van der Waals surface area contributed by atoms with Crippen LogP contribution in [-0.4, -0.2) is 112 Å². The van der Waals surface area contributed by atoms with Crippen molar-refractivity contribution in [3.63, 3.8) is 0 Å². The van der Waals surface area contributed by atoms with E-state index < -0.39 is 83.3 Å². The molecule has 1 fully saturated rings. The third-order valence-electron chi connectivity index (χ3n) is 5.27. The molecule has 3 atom stereocenters. The van der Waals surface area contributed by atoms with E-state index in [0.717, 1.165) is 28.4 Å². The normalized spacial score (nSPS) is 20.8. The van der Waals surface area contributed by atoms with Gasteiger partial charge in [0.15, 0.2) is 9.84 Å². The number of amides is 2. The number of nitrogens with one attached hydrogen (secondary N) is 2. The fourth-order valence-electron chi connectivity index (χ4n) is 3.83. The molecule has 0 spiro atoms. The topological polar surface area (TPSA) is 224 Å². The maximum Gasteiger partial charge on any atom is 0.402 e. The van der Waals surface area contributed by atoms with Gasteiger partial charge in [0, 0.05) is 11.0 Å². The molecule has 0 radical (unpaired) electrons. The number of hydrogen-bond donors (Lipinski definition) is 3. The summed E-state index contributed by atoms with van der Waals surface area (Å²) in [5, 5.41) is 19.0. The summed E-state index contributed by atoms with van der Waals surface area (Å²) >= 11 is 2.00. The van der Waals surface area contributed by atoms with Crippen molar-refractivity contribution in [1.82, 2.24) is 30.8 Å². The Morgan fingerprint density at radius 2 is 1.93 bits per heavy atom. The quantitative estimate of drug-likeness (QED) is 0.151. The lowest BCUT2D eigenvalue weighted by Crippen LogP contribution is -2.71. The molecule has 0 bridgehead atoms. The molecule has 2 amide bonds. The summed E-state index contributed by atoms with van der Waals surface area (Å²) in [5.74, 6) is -7.29. The van der Waals surface area contributed by atoms with E-state index in [1.165, 1.54) is 0 Å². The van der Waals surface area contributed by atoms with Gasteiger partial charge in [0.1, 0.15) is 34.2 Å². The predicted octanol–water partition coefficient (Wildman–Crippen LogP) is -0.688. The zero-order valence-electron chi connectivity index (χ0n) is 21.7. The van der Waals surface area contributed by atoms with Crippen LogP contribution in [0.4, 0.5) is 13.2 Å². The van der Waals surface area contributed by atoms with E-state index in [1.54, 1.807) is 20.8 Å². The van der Waals surface area contributed by atoms with Crippen LogP contribution in [0.25, 0.3) is 0 Å². The lowest BCUT2D eigenvalue weighted by atomic mass is 10.0. The number of fused-ring (bicyclic) bond motifs is 1. The van der Waals surface area contributed by atoms with Crippen LogP contribution in [0.5, 0.6) is 0 Å². The number of carbonyl (C=O) groups excluding carboxylic acids is 3. The minimum Gasteiger partial charge on any atom is -0.455 e. The lowest BCUT2D eigenvalue weighted by Gasteiger charge is -2.50. The monoisotopic (exact) mass is 665 g/mol. The fraction of sp³-hybridized carbons (Fsp3) is 0.684. The standard InChI is InChI=1S/C19H26F3N7O8S4/c1-18(2,3)37-16(32)13-9(10(4-5-41(23,35)36)39-17-25-27-28-26-17)6-38-15-12(14(31)29(13)15)24-11(30)7-40(33,34)8-19(20,21)22/h10,12,15H,4-8H2,1-3H3,(H,24,30)(H2,23,35,36)(H,25,26,27,28)/t10?,12?,15-/m1/s1. The van der Waals surface area contributed by atoms with E-state index in [2.05, 4.69) is 25.9 Å². The number of hydrogen-bond acceptors (Lipinski definition) is 13. The van der Waals surface area contributed by atoms with Gasteiger partial charge in [0.25, 0.3) is 5.91 Å². The molecule has 22 heteroatoms. The minimum atomic E-state index is -5.05. The second-order valence-electron chi connectivity index (χ2n) is 9.93. The number of sulfonamides is 1. The number of nitrogens with two attached hydrogens (primary N) is 1. The van der Waals surface area contributed by atoms with Crippen molar-refractivity contribution in [2.24, 2.45) is 5.14 Å². The number of nitrogens with zero attached hydrogens (tertiary/aromatic N) is 4. The average Bonchev–Trinajstić information content (AvgIpc) is 3.28. The summed E-state index contributed by atoms with van der Waals surface area (Å²) in [4.78, 5) is 39.8. The van der Waals surface area contributed by atoms with Gasteiger partial charge in [0.05, 0.1) is 5.75 Å². The summed E-state index contributed by atoms with van der Waals surface area (Å²) < 4.78 is 90.0. The summed E-state index contributed by atoms with van der Waals surface area (Å²) in [6.07, 6.45) is -5.17. The first-order chi connectivity index (χ1) is 18.7. The van der Waals surface area contributed by atoms with Crippen molar-refractivity contribution >= 4 is 61.2 Å². The highest BCUT2D eigenvalue weighted by atomic mass is 32.2. The predicted molar refractivity (Wildman–Crippen MR) is 139 cm³/mol. The highest BCUT2D eigenvalue weighted by molar-refractivity contribution is 8.01. The molecule has 0 saturated carbocycles. The number of H-pyrrole nitrogens is 1. The van der Waals surface area contributed by atoms with Gasteiger partial charge < -0.3 is 10.1 Å². The number of tetrazole rings is 1. The van der Waals surface area contributed by atoms with Gasteiger partial charge in [-0.3, -0.25) is 14.5 Å². The second kappa shape index (κ2) is 12.1. The first-order valence-corrected chi connectivity index (χ1v) is 17.0. The Balaban J connectivity index is 1.92. The van der Waals surface area contributed by atoms with E-state index in [0.29, 0.717) is 0 Å². The molecule has 1 aromatic heterocycles. The SMILES string of the molecule is CC(C)(C)OC(=O)C1=C(C(CCS(N)(=O)=O)Sc2nn[nH]n2)CS[C@@H]2C(NC(=O)CS(=O)(=O)CC(F)(F)F)C(=O)N12. The molecule has 0 aliphatic carbocycles. The van der Waals surface area contributed by atoms with Crippen LogP contribution in [0.1, 0.15) is 27.2 Å². The van der Waals surface area contributed by atoms with Gasteiger partial charge >= 0.3 is 12.1 Å². The number of β-lactam (4-membered cyclic amide) rings is 1. The van der Waals surface area contributed by atoms with Crippen molar-refractivity contribution in [2.45, 2.75) is 60.8 Å². The van der Waals surface area contributed by atoms with Gasteiger partial charge in [0.2, 0.25) is 21.1 Å². The largest absolute Gasteiger partial charge is 0.455 e. The molecule has 0 aromatic carbocycles. The smallest absolute Gasteiger partial charge is 0.402 e. The number of thioether (sulfide) groups is 2. The van der Waals surface area contributed by atoms with Gasteiger partial charge in [-0.2, -0.15) is 18.4 Å². The summed E-state index contributed by atoms with van der Waals surface area (Å²) in [6, 6.07) is -1.35. The zero-order valence-corrected chi connectivity index (χ0v) is 24.9. The van der Waals surface area contributed by atoms with Crippen LogP contribution in [0.2, 0.25) is 0 Å². The minimum absolute atomic E-state index is 0.0158. The molecule has 2 unspecified atom stereocenters. The molecule has 41 heavy (non-hydrogen) atoms. The zero-order chi connectivity index (χ0) is 31.0. The molecule has 3 rings (SSSR count). The first-order valence-electron chi connectivity index (χ1n) is 11.5. The van der Waals surface area contributed by atoms with Crippen molar-refractivity contribution in [1.29, 1.82) is 0 Å². The van der Waals surface area contributed by atoms with E-state index in [-0.39, 0.29) is 28.6 Å². The highest BCUT2D eigenvalue weighted by Crippen LogP contribution is 2.45. The summed E-state index contributed by atoms with van der Waals surface area (Å²) in [6.45, 7) is 4.74. The van der Waals surface area contributed by atoms with Gasteiger partial charge in [-0.15, -0.1) is 22.0 Å². The Morgan fingerprint density at radius 1 is 1.27 bits per heavy atom. The van der Waals surface area contributed by atoms with Gasteiger partial charge in [-0.25, -0.2) is 26.8 Å². The van der Waals surface area contributed by atoms with Crippen LogP contribution in [-0.2, 0) is 39.0 Å². The van der Waals surface area contributed by atoms with Crippen LogP contribution in [0, 0.1) is 0 Å². The molecule has 1 saturated heterocycles. The van der Waals surface area contributed by atoms with Crippen LogP contribution in [0.3, 0.4) is 0 Å². The molecule has 230 valence electrons. The van der Waals surface area contributed by atoms with Crippen molar-refractivity contribution < 1.29 is 49.1 Å². The number of esters is 1. The average molecular weight is 666 g/mol. The molecule has 3 heterocycles. The van der Waals surface area contributed by atoms with Crippen molar-refractivity contribution in [3.8, 4) is 0 Å². The van der Waals surface area contributed by atoms with Crippen molar-refractivity contribution in [2.75, 3.05) is 23.0 Å². The molecule has 2 aliphatic rings. The highest BCUT2D eigenvalue weighted by Gasteiger charge is 2.55. The van der Waals surface area contributed by atoms with Crippen LogP contribution < -0.4 is 10.5 Å². The lowest BCUT2D eigenvalue weighted by molar-refractivity contribution is -0.159. The fourth-order valence-corrected chi connectivity index (χ4v) is 8.16. The molecule has 2 aliphatic heterocycles. The van der Waals surface area contributed by atoms with E-state index >= 15 is 0 Å². The maximum absolute atomic E-state index is 13.4. The summed E-state index contributed by atoms with van der Waals surface area (Å²) in [7, 11) is -8.80. The number of alkyl halides is 3. The number of ether oxygens (including phenoxy) is 1. The number of primary sulfonamides is 1. The van der Waals surface area contributed by atoms with E-state index in [4.69, 9.17) is 9.88 Å². The Morgan fingerprint density at radius 3 is 2.46 bits per heavy atom.